The van der Waals surface area contributed by atoms with Gasteiger partial charge in [-0.1, -0.05) is 26.0 Å². The molecule has 0 saturated heterocycles. The topological polar surface area (TPSA) is 48.4 Å². The zero-order valence-electron chi connectivity index (χ0n) is 12.1. The second kappa shape index (κ2) is 6.37. The number of aromatic nitrogens is 1. The predicted octanol–water partition coefficient (Wildman–Crippen LogP) is 2.99. The van der Waals surface area contributed by atoms with Gasteiger partial charge in [0.15, 0.2) is 0 Å². The van der Waals surface area contributed by atoms with Crippen LogP contribution in [0.25, 0.3) is 10.9 Å². The lowest BCUT2D eigenvalue weighted by Gasteiger charge is -2.12. The Labute approximate surface area is 118 Å². The van der Waals surface area contributed by atoms with E-state index in [-0.39, 0.29) is 12.4 Å². The minimum Gasteiger partial charge on any atom is -0.491 e. The van der Waals surface area contributed by atoms with Gasteiger partial charge in [0.05, 0.1) is 20.1 Å². The van der Waals surface area contributed by atoms with E-state index < -0.39 is 0 Å². The van der Waals surface area contributed by atoms with E-state index in [0.29, 0.717) is 12.5 Å². The summed E-state index contributed by atoms with van der Waals surface area (Å²) >= 11 is 0. The SMILES string of the molecule is COC(=O)Cc1ccc(OCC(C)C)c2ncccc12. The van der Waals surface area contributed by atoms with Crippen LogP contribution in [0.3, 0.4) is 0 Å². The lowest BCUT2D eigenvalue weighted by atomic mass is 10.0. The number of rotatable bonds is 5. The van der Waals surface area contributed by atoms with Crippen LogP contribution < -0.4 is 4.74 Å². The van der Waals surface area contributed by atoms with Gasteiger partial charge in [-0.3, -0.25) is 9.78 Å². The molecule has 1 aromatic carbocycles. The first-order valence-corrected chi connectivity index (χ1v) is 6.68. The first-order valence-electron chi connectivity index (χ1n) is 6.68. The molecule has 0 saturated carbocycles. The van der Waals surface area contributed by atoms with Gasteiger partial charge >= 0.3 is 5.97 Å². The van der Waals surface area contributed by atoms with Crippen molar-refractivity contribution in [2.24, 2.45) is 5.92 Å². The number of benzene rings is 1. The number of hydrogen-bond donors (Lipinski definition) is 0. The lowest BCUT2D eigenvalue weighted by molar-refractivity contribution is -0.139. The van der Waals surface area contributed by atoms with Gasteiger partial charge in [-0.25, -0.2) is 0 Å². The third-order valence-electron chi connectivity index (χ3n) is 2.96. The molecular weight excluding hydrogens is 254 g/mol. The molecule has 2 rings (SSSR count). The Morgan fingerprint density at radius 1 is 1.30 bits per heavy atom. The van der Waals surface area contributed by atoms with Gasteiger partial charge in [0.1, 0.15) is 11.3 Å². The summed E-state index contributed by atoms with van der Waals surface area (Å²) < 4.78 is 10.5. The largest absolute Gasteiger partial charge is 0.491 e. The summed E-state index contributed by atoms with van der Waals surface area (Å²) in [5, 5.41) is 0.930. The summed E-state index contributed by atoms with van der Waals surface area (Å²) in [6, 6.07) is 7.57. The van der Waals surface area contributed by atoms with Gasteiger partial charge in [0.2, 0.25) is 0 Å². The second-order valence-electron chi connectivity index (χ2n) is 5.08. The number of fused-ring (bicyclic) bond motifs is 1. The molecule has 0 spiro atoms. The van der Waals surface area contributed by atoms with Gasteiger partial charge in [0, 0.05) is 11.6 Å². The van der Waals surface area contributed by atoms with E-state index in [1.165, 1.54) is 7.11 Å². The van der Waals surface area contributed by atoms with E-state index in [4.69, 9.17) is 9.47 Å². The zero-order valence-corrected chi connectivity index (χ0v) is 12.1. The van der Waals surface area contributed by atoms with Crippen molar-refractivity contribution < 1.29 is 14.3 Å². The van der Waals surface area contributed by atoms with E-state index in [0.717, 1.165) is 22.2 Å². The molecule has 0 radical (unpaired) electrons. The van der Waals surface area contributed by atoms with Crippen LogP contribution in [0.2, 0.25) is 0 Å². The van der Waals surface area contributed by atoms with E-state index in [9.17, 15) is 4.79 Å². The van der Waals surface area contributed by atoms with E-state index in [2.05, 4.69) is 18.8 Å². The van der Waals surface area contributed by atoms with Crippen molar-refractivity contribution >= 4 is 16.9 Å². The van der Waals surface area contributed by atoms with Crippen LogP contribution in [0.5, 0.6) is 5.75 Å². The Morgan fingerprint density at radius 2 is 2.10 bits per heavy atom. The molecular formula is C16H19NO3. The van der Waals surface area contributed by atoms with Crippen LogP contribution in [0.15, 0.2) is 30.5 Å². The number of esters is 1. The van der Waals surface area contributed by atoms with E-state index in [1.54, 1.807) is 6.20 Å². The average molecular weight is 273 g/mol. The molecule has 0 unspecified atom stereocenters. The fourth-order valence-corrected chi connectivity index (χ4v) is 1.96. The van der Waals surface area contributed by atoms with Crippen molar-refractivity contribution in [2.45, 2.75) is 20.3 Å². The molecule has 0 aliphatic rings. The smallest absolute Gasteiger partial charge is 0.310 e. The van der Waals surface area contributed by atoms with Crippen LogP contribution in [-0.2, 0) is 16.0 Å². The Morgan fingerprint density at radius 3 is 2.80 bits per heavy atom. The maximum atomic E-state index is 11.5. The number of nitrogens with zero attached hydrogens (tertiary/aromatic N) is 1. The molecule has 0 aliphatic heterocycles. The van der Waals surface area contributed by atoms with Gasteiger partial charge in [0.25, 0.3) is 0 Å². The highest BCUT2D eigenvalue weighted by Crippen LogP contribution is 2.27. The number of carbonyl (C=O) groups is 1. The van der Waals surface area contributed by atoms with Crippen LogP contribution in [0.4, 0.5) is 0 Å². The normalized spacial score (nSPS) is 10.8. The number of pyridine rings is 1. The minimum absolute atomic E-state index is 0.239. The van der Waals surface area contributed by atoms with Crippen LogP contribution in [-0.4, -0.2) is 24.7 Å². The maximum absolute atomic E-state index is 11.5. The molecule has 0 amide bonds. The molecule has 106 valence electrons. The molecule has 4 heteroatoms. The number of methoxy groups -OCH3 is 1. The number of carbonyl (C=O) groups excluding carboxylic acids is 1. The van der Waals surface area contributed by atoms with Crippen molar-refractivity contribution in [3.8, 4) is 5.75 Å². The number of hydrogen-bond acceptors (Lipinski definition) is 4. The van der Waals surface area contributed by atoms with Crippen LogP contribution >= 0.6 is 0 Å². The Balaban J connectivity index is 2.38. The predicted molar refractivity (Wildman–Crippen MR) is 77.8 cm³/mol. The van der Waals surface area contributed by atoms with Crippen molar-refractivity contribution in [1.29, 1.82) is 0 Å². The van der Waals surface area contributed by atoms with Crippen LogP contribution in [0.1, 0.15) is 19.4 Å². The standard InChI is InChI=1S/C16H19NO3/c1-11(2)10-20-14-7-6-12(9-15(18)19-3)13-5-4-8-17-16(13)14/h4-8,11H,9-10H2,1-3H3. The minimum atomic E-state index is -0.258. The summed E-state index contributed by atoms with van der Waals surface area (Å²) in [6.07, 6.45) is 1.97. The third kappa shape index (κ3) is 3.26. The molecule has 1 heterocycles. The van der Waals surface area contributed by atoms with Crippen molar-refractivity contribution in [3.63, 3.8) is 0 Å². The summed E-state index contributed by atoms with van der Waals surface area (Å²) in [5.41, 5.74) is 1.69. The Bertz CT molecular complexity index is 608. The molecule has 0 fully saturated rings. The third-order valence-corrected chi connectivity index (χ3v) is 2.96. The molecule has 20 heavy (non-hydrogen) atoms. The summed E-state index contributed by atoms with van der Waals surface area (Å²) in [5.74, 6) is 0.942. The fraction of sp³-hybridized carbons (Fsp3) is 0.375. The quantitative estimate of drug-likeness (QED) is 0.786. The Kier molecular flexibility index (Phi) is 4.56. The van der Waals surface area contributed by atoms with Crippen molar-refractivity contribution in [3.05, 3.63) is 36.0 Å². The van der Waals surface area contributed by atoms with Crippen molar-refractivity contribution in [2.75, 3.05) is 13.7 Å². The highest BCUT2D eigenvalue weighted by atomic mass is 16.5. The van der Waals surface area contributed by atoms with Crippen molar-refractivity contribution in [1.82, 2.24) is 4.98 Å². The van der Waals surface area contributed by atoms with Gasteiger partial charge in [-0.2, -0.15) is 0 Å². The number of ether oxygens (including phenoxy) is 2. The highest BCUT2D eigenvalue weighted by molar-refractivity contribution is 5.90. The lowest BCUT2D eigenvalue weighted by Crippen LogP contribution is -2.07. The molecule has 2 aromatic rings. The average Bonchev–Trinajstić information content (AvgIpc) is 2.46. The first-order chi connectivity index (χ1) is 9.61. The van der Waals surface area contributed by atoms with Gasteiger partial charge in [-0.15, -0.1) is 0 Å². The monoisotopic (exact) mass is 273 g/mol. The van der Waals surface area contributed by atoms with Crippen LogP contribution in [0, 0.1) is 5.92 Å². The van der Waals surface area contributed by atoms with E-state index in [1.807, 2.05) is 24.3 Å². The highest BCUT2D eigenvalue weighted by Gasteiger charge is 2.11. The summed E-state index contributed by atoms with van der Waals surface area (Å²) in [4.78, 5) is 15.8. The summed E-state index contributed by atoms with van der Waals surface area (Å²) in [7, 11) is 1.39. The fourth-order valence-electron chi connectivity index (χ4n) is 1.96. The van der Waals surface area contributed by atoms with Gasteiger partial charge < -0.3 is 9.47 Å². The molecule has 0 bridgehead atoms. The Hall–Kier alpha value is -2.10. The maximum Gasteiger partial charge on any atom is 0.310 e. The molecule has 0 N–H and O–H groups in total. The van der Waals surface area contributed by atoms with E-state index >= 15 is 0 Å². The molecule has 1 aromatic heterocycles. The first kappa shape index (κ1) is 14.3. The zero-order chi connectivity index (χ0) is 14.5. The van der Waals surface area contributed by atoms with Gasteiger partial charge in [-0.05, 0) is 23.6 Å². The molecule has 0 aliphatic carbocycles. The summed E-state index contributed by atoms with van der Waals surface area (Å²) in [6.45, 7) is 4.84. The second-order valence-corrected chi connectivity index (χ2v) is 5.08. The molecule has 0 atom stereocenters. The molecule has 4 nitrogen and oxygen atoms in total.